The summed E-state index contributed by atoms with van der Waals surface area (Å²) in [5, 5.41) is 11.9. The lowest BCUT2D eigenvalue weighted by Crippen LogP contribution is -2.15. The molecule has 31 heavy (non-hydrogen) atoms. The van der Waals surface area contributed by atoms with Crippen LogP contribution in [0.25, 0.3) is 10.6 Å². The quantitative estimate of drug-likeness (QED) is 0.299. The molecule has 0 atom stereocenters. The molecule has 10 heteroatoms. The van der Waals surface area contributed by atoms with Gasteiger partial charge in [0.2, 0.25) is 5.16 Å². The first-order chi connectivity index (χ1) is 15.2. The summed E-state index contributed by atoms with van der Waals surface area (Å²) in [4.78, 5) is 4.70. The molecule has 2 N–H and O–H groups in total. The van der Waals surface area contributed by atoms with Gasteiger partial charge < -0.3 is 20.1 Å². The number of hydrogen-bond donors (Lipinski definition) is 1. The Morgan fingerprint density at radius 1 is 1.00 bits per heavy atom. The number of thiazole rings is 1. The molecule has 4 aromatic rings. The Hall–Kier alpha value is -3.24. The van der Waals surface area contributed by atoms with Gasteiger partial charge in [0.25, 0.3) is 0 Å². The molecule has 0 aliphatic rings. The number of aromatic nitrogens is 4. The first kappa shape index (κ1) is 21.0. The van der Waals surface area contributed by atoms with Crippen LogP contribution in [0.1, 0.15) is 11.5 Å². The molecule has 0 spiro atoms. The van der Waals surface area contributed by atoms with Crippen molar-refractivity contribution in [2.45, 2.75) is 17.5 Å². The van der Waals surface area contributed by atoms with Crippen LogP contribution < -0.4 is 20.1 Å². The van der Waals surface area contributed by atoms with Crippen molar-refractivity contribution >= 4 is 23.1 Å². The molecule has 2 heterocycles. The summed E-state index contributed by atoms with van der Waals surface area (Å²) in [6.07, 6.45) is 0. The molecule has 0 radical (unpaired) electrons. The zero-order chi connectivity index (χ0) is 21.6. The Morgan fingerprint density at radius 3 is 2.55 bits per heavy atom. The van der Waals surface area contributed by atoms with Gasteiger partial charge in [-0.05, 0) is 36.4 Å². The number of methoxy groups -OCH3 is 2. The van der Waals surface area contributed by atoms with E-state index in [0.717, 1.165) is 27.8 Å². The van der Waals surface area contributed by atoms with Crippen molar-refractivity contribution in [3.8, 4) is 27.8 Å². The van der Waals surface area contributed by atoms with E-state index in [4.69, 9.17) is 25.0 Å². The summed E-state index contributed by atoms with van der Waals surface area (Å²) in [5.74, 6) is 9.53. The van der Waals surface area contributed by atoms with Crippen LogP contribution in [0.2, 0.25) is 0 Å². The van der Waals surface area contributed by atoms with Crippen molar-refractivity contribution in [1.82, 2.24) is 19.9 Å². The summed E-state index contributed by atoms with van der Waals surface area (Å²) in [7, 11) is 3.27. The third-order valence-electron chi connectivity index (χ3n) is 4.38. The van der Waals surface area contributed by atoms with Gasteiger partial charge in [0.15, 0.2) is 5.82 Å². The lowest BCUT2D eigenvalue weighted by atomic mass is 10.2. The maximum atomic E-state index is 6.15. The number of hydrogen-bond acceptors (Lipinski definition) is 9. The zero-order valence-electron chi connectivity index (χ0n) is 17.0. The average molecular weight is 456 g/mol. The highest BCUT2D eigenvalue weighted by molar-refractivity contribution is 7.98. The maximum absolute atomic E-state index is 6.15. The first-order valence-corrected chi connectivity index (χ1v) is 11.2. The molecule has 0 saturated carbocycles. The van der Waals surface area contributed by atoms with Crippen LogP contribution >= 0.6 is 23.1 Å². The van der Waals surface area contributed by atoms with Crippen molar-refractivity contribution in [2.24, 2.45) is 0 Å². The molecule has 8 nitrogen and oxygen atoms in total. The molecular formula is C21H21N5O3S2. The number of benzene rings is 2. The van der Waals surface area contributed by atoms with E-state index in [1.54, 1.807) is 31.6 Å². The molecule has 0 amide bonds. The van der Waals surface area contributed by atoms with E-state index < -0.39 is 0 Å². The number of nitrogens with zero attached hydrogens (tertiary/aromatic N) is 4. The molecule has 0 aliphatic heterocycles. The second-order valence-electron chi connectivity index (χ2n) is 6.40. The number of thioether (sulfide) groups is 1. The fourth-order valence-electron chi connectivity index (χ4n) is 2.72. The summed E-state index contributed by atoms with van der Waals surface area (Å²) >= 11 is 3.08. The molecule has 0 bridgehead atoms. The van der Waals surface area contributed by atoms with Crippen LogP contribution in [0.5, 0.6) is 17.2 Å². The average Bonchev–Trinajstić information content (AvgIpc) is 3.43. The first-order valence-electron chi connectivity index (χ1n) is 9.34. The third-order valence-corrected chi connectivity index (χ3v) is 6.30. The van der Waals surface area contributed by atoms with Crippen molar-refractivity contribution in [2.75, 3.05) is 20.1 Å². The van der Waals surface area contributed by atoms with E-state index in [1.165, 1.54) is 16.4 Å². The molecule has 2 aromatic carbocycles. The van der Waals surface area contributed by atoms with Gasteiger partial charge in [0, 0.05) is 22.8 Å². The smallest absolute Gasteiger partial charge is 0.210 e. The number of ether oxygens (including phenoxy) is 3. The van der Waals surface area contributed by atoms with Gasteiger partial charge in [-0.25, -0.2) is 9.66 Å². The van der Waals surface area contributed by atoms with Gasteiger partial charge in [-0.2, -0.15) is 0 Å². The fraction of sp³-hybridized carbons (Fsp3) is 0.190. The van der Waals surface area contributed by atoms with Crippen LogP contribution in [0, 0.1) is 0 Å². The van der Waals surface area contributed by atoms with Crippen molar-refractivity contribution < 1.29 is 14.2 Å². The Labute approximate surface area is 188 Å². The van der Waals surface area contributed by atoms with Gasteiger partial charge in [0.1, 0.15) is 28.9 Å². The Balaban J connectivity index is 1.35. The third kappa shape index (κ3) is 5.09. The Morgan fingerprint density at radius 2 is 1.77 bits per heavy atom. The van der Waals surface area contributed by atoms with Crippen LogP contribution in [0.3, 0.4) is 0 Å². The zero-order valence-corrected chi connectivity index (χ0v) is 18.7. The minimum atomic E-state index is 0.204. The lowest BCUT2D eigenvalue weighted by Gasteiger charge is -2.07. The van der Waals surface area contributed by atoms with Gasteiger partial charge >= 0.3 is 0 Å². The van der Waals surface area contributed by atoms with E-state index in [0.29, 0.717) is 22.5 Å². The summed E-state index contributed by atoms with van der Waals surface area (Å²) in [6.45, 7) is 0.204. The van der Waals surface area contributed by atoms with Crippen LogP contribution in [-0.4, -0.2) is 34.1 Å². The molecule has 2 aromatic heterocycles. The molecule has 160 valence electrons. The standard InChI is InChI=1S/C21H21N5O3S2/c1-27-16-8-6-14(7-9-16)20-23-15(12-30-20)13-31-21-25-24-19(26(21)22)11-29-18-5-3-4-17(10-18)28-2/h3-10,12H,11,13,22H2,1-2H3. The monoisotopic (exact) mass is 455 g/mol. The molecule has 0 unspecified atom stereocenters. The highest BCUT2D eigenvalue weighted by Gasteiger charge is 2.13. The van der Waals surface area contributed by atoms with E-state index in [-0.39, 0.29) is 6.61 Å². The molecular weight excluding hydrogens is 434 g/mol. The predicted molar refractivity (Wildman–Crippen MR) is 121 cm³/mol. The van der Waals surface area contributed by atoms with Crippen LogP contribution in [0.15, 0.2) is 59.1 Å². The summed E-state index contributed by atoms with van der Waals surface area (Å²) in [5.41, 5.74) is 2.01. The molecule has 0 saturated heterocycles. The second kappa shape index (κ2) is 9.71. The van der Waals surface area contributed by atoms with Crippen molar-refractivity contribution in [3.05, 3.63) is 65.4 Å². The topological polar surface area (TPSA) is 97.3 Å². The van der Waals surface area contributed by atoms with E-state index in [2.05, 4.69) is 10.2 Å². The van der Waals surface area contributed by atoms with Crippen molar-refractivity contribution in [1.29, 1.82) is 0 Å². The predicted octanol–water partition coefficient (Wildman–Crippen LogP) is 4.00. The summed E-state index contributed by atoms with van der Waals surface area (Å²) < 4.78 is 17.6. The largest absolute Gasteiger partial charge is 0.497 e. The van der Waals surface area contributed by atoms with Gasteiger partial charge in [-0.15, -0.1) is 21.5 Å². The van der Waals surface area contributed by atoms with Gasteiger partial charge in [0.05, 0.1) is 19.9 Å². The molecule has 0 aliphatic carbocycles. The normalized spacial score (nSPS) is 10.8. The molecule has 0 fully saturated rings. The fourth-order valence-corrected chi connectivity index (χ4v) is 4.42. The Bertz CT molecular complexity index is 1140. The summed E-state index contributed by atoms with van der Waals surface area (Å²) in [6, 6.07) is 15.2. The number of rotatable bonds is 9. The lowest BCUT2D eigenvalue weighted by molar-refractivity contribution is 0.289. The van der Waals surface area contributed by atoms with Gasteiger partial charge in [-0.1, -0.05) is 17.8 Å². The second-order valence-corrected chi connectivity index (χ2v) is 8.20. The van der Waals surface area contributed by atoms with Crippen molar-refractivity contribution in [3.63, 3.8) is 0 Å². The highest BCUT2D eigenvalue weighted by Crippen LogP contribution is 2.28. The SMILES string of the molecule is COc1ccc(-c2nc(CSc3nnc(COc4cccc(OC)c4)n3N)cs2)cc1. The van der Waals surface area contributed by atoms with Crippen LogP contribution in [-0.2, 0) is 12.4 Å². The number of nitrogens with two attached hydrogens (primary N) is 1. The van der Waals surface area contributed by atoms with E-state index in [1.807, 2.05) is 47.8 Å². The molecule has 4 rings (SSSR count). The van der Waals surface area contributed by atoms with Gasteiger partial charge in [-0.3, -0.25) is 0 Å². The highest BCUT2D eigenvalue weighted by atomic mass is 32.2. The minimum absolute atomic E-state index is 0.204. The number of nitrogen functional groups attached to an aromatic ring is 1. The minimum Gasteiger partial charge on any atom is -0.497 e. The van der Waals surface area contributed by atoms with Crippen LogP contribution in [0.4, 0.5) is 0 Å². The van der Waals surface area contributed by atoms with E-state index >= 15 is 0 Å². The Kier molecular flexibility index (Phi) is 6.58. The van der Waals surface area contributed by atoms with E-state index in [9.17, 15) is 0 Å². The maximum Gasteiger partial charge on any atom is 0.210 e.